The van der Waals surface area contributed by atoms with Crippen LogP contribution < -0.4 is 0 Å². The van der Waals surface area contributed by atoms with Gasteiger partial charge in [-0.3, -0.25) is 0 Å². The number of thioether (sulfide) groups is 1. The van der Waals surface area contributed by atoms with Crippen LogP contribution in [-0.2, 0) is 0 Å². The van der Waals surface area contributed by atoms with Crippen LogP contribution in [-0.4, -0.2) is 11.6 Å². The first kappa shape index (κ1) is 14.9. The van der Waals surface area contributed by atoms with Gasteiger partial charge in [0.2, 0.25) is 0 Å². The molecule has 0 bridgehead atoms. The molecule has 0 aliphatic carbocycles. The van der Waals surface area contributed by atoms with Gasteiger partial charge in [-0.05, 0) is 48.1 Å². The fourth-order valence-corrected chi connectivity index (χ4v) is 3.11. The second-order valence-electron chi connectivity index (χ2n) is 4.94. The van der Waals surface area contributed by atoms with E-state index in [0.717, 1.165) is 18.2 Å². The number of halogens is 1. The van der Waals surface area contributed by atoms with Gasteiger partial charge < -0.3 is 0 Å². The van der Waals surface area contributed by atoms with E-state index in [-0.39, 0.29) is 0 Å². The molecular weight excluding hydrogens is 248 g/mol. The number of hydrogen-bond donors (Lipinski definition) is 0. The minimum atomic E-state index is 0.623. The molecule has 1 aromatic carbocycles. The topological polar surface area (TPSA) is 0 Å². The van der Waals surface area contributed by atoms with Crippen LogP contribution in [0.3, 0.4) is 0 Å². The van der Waals surface area contributed by atoms with Crippen LogP contribution >= 0.6 is 23.4 Å². The highest BCUT2D eigenvalue weighted by atomic mass is 35.5. The van der Waals surface area contributed by atoms with Crippen molar-refractivity contribution in [2.24, 2.45) is 5.92 Å². The maximum atomic E-state index is 5.73. The third kappa shape index (κ3) is 5.83. The van der Waals surface area contributed by atoms with Gasteiger partial charge >= 0.3 is 0 Å². The number of hydrogen-bond acceptors (Lipinski definition) is 1. The maximum Gasteiger partial charge on any atom is 0.0225 e. The molecule has 0 nitrogen and oxygen atoms in total. The molecule has 0 saturated carbocycles. The van der Waals surface area contributed by atoms with Gasteiger partial charge in [0.15, 0.2) is 0 Å². The third-order valence-electron chi connectivity index (χ3n) is 3.03. The molecule has 1 atom stereocenters. The zero-order chi connectivity index (χ0) is 12.7. The fourth-order valence-electron chi connectivity index (χ4n) is 1.66. The van der Waals surface area contributed by atoms with Gasteiger partial charge in [-0.2, -0.15) is 0 Å². The summed E-state index contributed by atoms with van der Waals surface area (Å²) in [4.78, 5) is 1.38. The summed E-state index contributed by atoms with van der Waals surface area (Å²) in [5.41, 5.74) is 1.42. The zero-order valence-electron chi connectivity index (χ0n) is 11.1. The van der Waals surface area contributed by atoms with Gasteiger partial charge in [0.1, 0.15) is 0 Å². The average molecular weight is 271 g/mol. The lowest BCUT2D eigenvalue weighted by Crippen LogP contribution is -1.97. The predicted molar refractivity (Wildman–Crippen MR) is 80.4 cm³/mol. The number of alkyl halides is 1. The summed E-state index contributed by atoms with van der Waals surface area (Å²) >= 11 is 7.68. The normalized spacial score (nSPS) is 13.0. The summed E-state index contributed by atoms with van der Waals surface area (Å²) < 4.78 is 0. The number of benzene rings is 1. The third-order valence-corrected chi connectivity index (χ3v) is 4.29. The smallest absolute Gasteiger partial charge is 0.0225 e. The SMILES string of the molecule is CC(CCCl)CCSc1ccc(C(C)C)cc1. The van der Waals surface area contributed by atoms with Crippen LogP contribution in [0, 0.1) is 5.92 Å². The van der Waals surface area contributed by atoms with E-state index >= 15 is 0 Å². The van der Waals surface area contributed by atoms with Crippen LogP contribution in [0.2, 0.25) is 0 Å². The molecule has 2 heteroatoms. The predicted octanol–water partition coefficient (Wildman–Crippen LogP) is 5.56. The van der Waals surface area contributed by atoms with Crippen molar-refractivity contribution in [1.82, 2.24) is 0 Å². The molecule has 1 rings (SSSR count). The lowest BCUT2D eigenvalue weighted by molar-refractivity contribution is 0.552. The molecule has 0 aliphatic heterocycles. The fraction of sp³-hybridized carbons (Fsp3) is 0.600. The van der Waals surface area contributed by atoms with Gasteiger partial charge in [0, 0.05) is 10.8 Å². The minimum Gasteiger partial charge on any atom is -0.127 e. The van der Waals surface area contributed by atoms with E-state index in [2.05, 4.69) is 45.0 Å². The Kier molecular flexibility index (Phi) is 7.06. The first-order chi connectivity index (χ1) is 8.13. The highest BCUT2D eigenvalue weighted by Crippen LogP contribution is 2.24. The van der Waals surface area contributed by atoms with E-state index in [4.69, 9.17) is 11.6 Å². The molecule has 96 valence electrons. The molecule has 0 fully saturated rings. The summed E-state index contributed by atoms with van der Waals surface area (Å²) in [6.07, 6.45) is 2.39. The minimum absolute atomic E-state index is 0.623. The summed E-state index contributed by atoms with van der Waals surface area (Å²) in [7, 11) is 0. The molecule has 0 saturated heterocycles. The van der Waals surface area contributed by atoms with Crippen LogP contribution in [0.1, 0.15) is 45.1 Å². The van der Waals surface area contributed by atoms with E-state index in [1.54, 1.807) is 0 Å². The van der Waals surface area contributed by atoms with E-state index in [1.165, 1.54) is 22.6 Å². The quantitative estimate of drug-likeness (QED) is 0.462. The van der Waals surface area contributed by atoms with Crippen molar-refractivity contribution >= 4 is 23.4 Å². The average Bonchev–Trinajstić information content (AvgIpc) is 2.30. The summed E-state index contributed by atoms with van der Waals surface area (Å²) in [5.74, 6) is 3.35. The second-order valence-corrected chi connectivity index (χ2v) is 6.49. The largest absolute Gasteiger partial charge is 0.127 e. The molecule has 1 unspecified atom stereocenters. The van der Waals surface area contributed by atoms with E-state index in [1.807, 2.05) is 11.8 Å². The summed E-state index contributed by atoms with van der Waals surface area (Å²) in [6, 6.07) is 8.98. The number of rotatable bonds is 7. The Bertz CT molecular complexity index is 305. The highest BCUT2D eigenvalue weighted by Gasteiger charge is 2.03. The van der Waals surface area contributed by atoms with Gasteiger partial charge in [-0.25, -0.2) is 0 Å². The summed E-state index contributed by atoms with van der Waals surface area (Å²) in [6.45, 7) is 6.75. The van der Waals surface area contributed by atoms with Crippen molar-refractivity contribution in [3.63, 3.8) is 0 Å². The Morgan fingerprint density at radius 2 is 1.71 bits per heavy atom. The molecule has 0 spiro atoms. The monoisotopic (exact) mass is 270 g/mol. The Morgan fingerprint density at radius 1 is 1.06 bits per heavy atom. The summed E-state index contributed by atoms with van der Waals surface area (Å²) in [5, 5.41) is 0. The van der Waals surface area contributed by atoms with E-state index in [0.29, 0.717) is 5.92 Å². The van der Waals surface area contributed by atoms with Gasteiger partial charge in [0.25, 0.3) is 0 Å². The van der Waals surface area contributed by atoms with Crippen molar-refractivity contribution in [3.8, 4) is 0 Å². The lowest BCUT2D eigenvalue weighted by atomic mass is 10.0. The maximum absolute atomic E-state index is 5.73. The first-order valence-electron chi connectivity index (χ1n) is 6.42. The van der Waals surface area contributed by atoms with Crippen LogP contribution in [0.4, 0.5) is 0 Å². The Hall–Kier alpha value is -0.140. The first-order valence-corrected chi connectivity index (χ1v) is 7.94. The second kappa shape index (κ2) is 8.05. The van der Waals surface area contributed by atoms with Gasteiger partial charge in [-0.15, -0.1) is 23.4 Å². The molecule has 0 aromatic heterocycles. The molecule has 1 aromatic rings. The Labute approximate surface area is 115 Å². The van der Waals surface area contributed by atoms with Crippen molar-refractivity contribution in [1.29, 1.82) is 0 Å². The Balaban J connectivity index is 2.32. The molecular formula is C15H23ClS. The van der Waals surface area contributed by atoms with E-state index in [9.17, 15) is 0 Å². The van der Waals surface area contributed by atoms with Crippen molar-refractivity contribution in [3.05, 3.63) is 29.8 Å². The highest BCUT2D eigenvalue weighted by molar-refractivity contribution is 7.99. The molecule has 0 N–H and O–H groups in total. The zero-order valence-corrected chi connectivity index (χ0v) is 12.7. The van der Waals surface area contributed by atoms with Crippen LogP contribution in [0.5, 0.6) is 0 Å². The molecule has 0 heterocycles. The van der Waals surface area contributed by atoms with Crippen molar-refractivity contribution < 1.29 is 0 Å². The molecule has 0 radical (unpaired) electrons. The van der Waals surface area contributed by atoms with Crippen LogP contribution in [0.25, 0.3) is 0 Å². The molecule has 0 amide bonds. The van der Waals surface area contributed by atoms with Crippen molar-refractivity contribution in [2.75, 3.05) is 11.6 Å². The standard InChI is InChI=1S/C15H23ClS/c1-12(2)14-4-6-15(7-5-14)17-11-9-13(3)8-10-16/h4-7,12-13H,8-11H2,1-3H3. The van der Waals surface area contributed by atoms with E-state index < -0.39 is 0 Å². The van der Waals surface area contributed by atoms with Gasteiger partial charge in [0.05, 0.1) is 0 Å². The Morgan fingerprint density at radius 3 is 2.24 bits per heavy atom. The molecule has 0 aliphatic rings. The van der Waals surface area contributed by atoms with Crippen molar-refractivity contribution in [2.45, 2.75) is 44.4 Å². The van der Waals surface area contributed by atoms with Gasteiger partial charge in [-0.1, -0.05) is 32.9 Å². The van der Waals surface area contributed by atoms with Crippen LogP contribution in [0.15, 0.2) is 29.2 Å². The lowest BCUT2D eigenvalue weighted by Gasteiger charge is -2.09. The molecule has 17 heavy (non-hydrogen) atoms.